The fourth-order valence-corrected chi connectivity index (χ4v) is 3.59. The number of carboxylic acid groups (broad SMARTS) is 1. The number of hydrogen-bond donors (Lipinski definition) is 3. The molecule has 0 spiro atoms. The molecular weight excluding hydrogens is 388 g/mol. The van der Waals surface area contributed by atoms with Crippen LogP contribution >= 0.6 is 22.9 Å². The summed E-state index contributed by atoms with van der Waals surface area (Å²) in [6, 6.07) is 9.08. The molecule has 0 fully saturated rings. The van der Waals surface area contributed by atoms with Crippen molar-refractivity contribution < 1.29 is 14.7 Å². The van der Waals surface area contributed by atoms with Crippen molar-refractivity contribution in [3.05, 3.63) is 51.6 Å². The van der Waals surface area contributed by atoms with Gasteiger partial charge >= 0.3 is 5.97 Å². The number of hydrogen-bond acceptors (Lipinski definition) is 6. The summed E-state index contributed by atoms with van der Waals surface area (Å²) in [5.74, 6) is -0.574. The molecule has 0 saturated carbocycles. The normalized spacial score (nSPS) is 10.7. The van der Waals surface area contributed by atoms with E-state index < -0.39 is 5.97 Å². The predicted molar refractivity (Wildman–Crippen MR) is 106 cm³/mol. The van der Waals surface area contributed by atoms with E-state index in [1.807, 2.05) is 25.1 Å². The van der Waals surface area contributed by atoms with Gasteiger partial charge in [0.1, 0.15) is 10.6 Å². The average Bonchev–Trinajstić information content (AvgIpc) is 2.99. The molecule has 2 heterocycles. The Hall–Kier alpha value is -2.71. The minimum Gasteiger partial charge on any atom is -0.481 e. The van der Waals surface area contributed by atoms with Gasteiger partial charge in [-0.2, -0.15) is 0 Å². The van der Waals surface area contributed by atoms with Crippen molar-refractivity contribution in [2.75, 3.05) is 11.9 Å². The number of rotatable bonds is 7. The Labute approximate surface area is 164 Å². The molecule has 0 aliphatic carbocycles. The number of carbonyl (C=O) groups excluding carboxylic acids is 1. The maximum absolute atomic E-state index is 12.0. The number of aryl methyl sites for hydroxylation is 1. The number of amides is 1. The van der Waals surface area contributed by atoms with Crippen LogP contribution in [-0.4, -0.2) is 33.5 Å². The molecule has 0 saturated heterocycles. The van der Waals surface area contributed by atoms with Crippen LogP contribution in [0.25, 0.3) is 10.2 Å². The Morgan fingerprint density at radius 1 is 1.22 bits per heavy atom. The van der Waals surface area contributed by atoms with Gasteiger partial charge in [-0.25, -0.2) is 9.97 Å². The number of anilines is 1. The van der Waals surface area contributed by atoms with Crippen LogP contribution in [0.2, 0.25) is 5.28 Å². The summed E-state index contributed by atoms with van der Waals surface area (Å²) in [6.45, 7) is 2.62. The second kappa shape index (κ2) is 8.32. The van der Waals surface area contributed by atoms with Gasteiger partial charge in [0.2, 0.25) is 5.28 Å². The van der Waals surface area contributed by atoms with Gasteiger partial charge in [0, 0.05) is 23.5 Å². The van der Waals surface area contributed by atoms with Crippen LogP contribution < -0.4 is 10.6 Å². The van der Waals surface area contributed by atoms with Gasteiger partial charge in [0.25, 0.3) is 5.91 Å². The molecule has 7 nitrogen and oxygen atoms in total. The van der Waals surface area contributed by atoms with Crippen LogP contribution in [0.5, 0.6) is 0 Å². The third-order valence-corrected chi connectivity index (χ3v) is 4.90. The molecule has 0 radical (unpaired) electrons. The molecule has 1 amide bonds. The topological polar surface area (TPSA) is 104 Å². The van der Waals surface area contributed by atoms with Gasteiger partial charge in [0.05, 0.1) is 11.8 Å². The summed E-state index contributed by atoms with van der Waals surface area (Å²) in [5.41, 5.74) is 1.44. The summed E-state index contributed by atoms with van der Waals surface area (Å²) in [4.78, 5) is 32.9. The zero-order chi connectivity index (χ0) is 19.4. The number of thiophene rings is 1. The Morgan fingerprint density at radius 3 is 2.67 bits per heavy atom. The van der Waals surface area contributed by atoms with Gasteiger partial charge in [-0.05, 0) is 42.3 Å². The SMILES string of the molecule is Cc1cc2c(NCc3ccc(C(=O)NCCC(=O)O)cc3)nc(Cl)nc2s1. The summed E-state index contributed by atoms with van der Waals surface area (Å²) in [6.07, 6.45) is -0.105. The van der Waals surface area contributed by atoms with Crippen molar-refractivity contribution in [1.29, 1.82) is 0 Å². The van der Waals surface area contributed by atoms with E-state index in [4.69, 9.17) is 16.7 Å². The number of carbonyl (C=O) groups is 2. The van der Waals surface area contributed by atoms with Crippen molar-refractivity contribution in [2.24, 2.45) is 0 Å². The maximum Gasteiger partial charge on any atom is 0.305 e. The first kappa shape index (κ1) is 19.1. The summed E-state index contributed by atoms with van der Waals surface area (Å²) >= 11 is 7.55. The lowest BCUT2D eigenvalue weighted by molar-refractivity contribution is -0.136. The van der Waals surface area contributed by atoms with Crippen LogP contribution in [0.3, 0.4) is 0 Å². The number of fused-ring (bicyclic) bond motifs is 1. The molecular formula is C18H17ClN4O3S. The lowest BCUT2D eigenvalue weighted by Crippen LogP contribution is -2.25. The standard InChI is InChI=1S/C18H17ClN4O3S/c1-10-8-13-15(22-18(19)23-17(13)27-10)21-9-11-2-4-12(5-3-11)16(26)20-7-6-14(24)25/h2-5,8H,6-7,9H2,1H3,(H,20,26)(H,24,25)(H,21,22,23). The van der Waals surface area contributed by atoms with Gasteiger partial charge in [-0.1, -0.05) is 12.1 Å². The van der Waals surface area contributed by atoms with Crippen molar-refractivity contribution in [2.45, 2.75) is 19.9 Å². The monoisotopic (exact) mass is 404 g/mol. The predicted octanol–water partition coefficient (Wildman–Crippen LogP) is 3.47. The highest BCUT2D eigenvalue weighted by molar-refractivity contribution is 7.18. The van der Waals surface area contributed by atoms with E-state index in [2.05, 4.69) is 20.6 Å². The zero-order valence-corrected chi connectivity index (χ0v) is 16.0. The van der Waals surface area contributed by atoms with Crippen LogP contribution in [0.4, 0.5) is 5.82 Å². The second-order valence-corrected chi connectivity index (χ2v) is 7.44. The van der Waals surface area contributed by atoms with Crippen LogP contribution in [0.1, 0.15) is 27.2 Å². The van der Waals surface area contributed by atoms with E-state index in [-0.39, 0.29) is 24.2 Å². The molecule has 0 atom stereocenters. The fourth-order valence-electron chi connectivity index (χ4n) is 2.50. The summed E-state index contributed by atoms with van der Waals surface area (Å²) in [5, 5.41) is 15.5. The van der Waals surface area contributed by atoms with Gasteiger partial charge in [-0.3, -0.25) is 9.59 Å². The van der Waals surface area contributed by atoms with Gasteiger partial charge in [-0.15, -0.1) is 11.3 Å². The molecule has 3 aromatic rings. The van der Waals surface area contributed by atoms with Crippen LogP contribution in [0, 0.1) is 6.92 Å². The molecule has 3 N–H and O–H groups in total. The molecule has 3 rings (SSSR count). The number of aliphatic carboxylic acids is 1. The van der Waals surface area contributed by atoms with Crippen molar-refractivity contribution in [3.8, 4) is 0 Å². The zero-order valence-electron chi connectivity index (χ0n) is 14.5. The third-order valence-electron chi connectivity index (χ3n) is 3.79. The number of carboxylic acids is 1. The molecule has 1 aromatic carbocycles. The maximum atomic E-state index is 12.0. The van der Waals surface area contributed by atoms with Crippen molar-refractivity contribution >= 4 is 50.8 Å². The molecule has 27 heavy (non-hydrogen) atoms. The fraction of sp³-hybridized carbons (Fsp3) is 0.222. The highest BCUT2D eigenvalue weighted by Gasteiger charge is 2.10. The van der Waals surface area contributed by atoms with E-state index in [0.29, 0.717) is 17.9 Å². The largest absolute Gasteiger partial charge is 0.481 e. The molecule has 140 valence electrons. The van der Waals surface area contributed by atoms with E-state index >= 15 is 0 Å². The first-order valence-corrected chi connectivity index (χ1v) is 9.38. The average molecular weight is 405 g/mol. The molecule has 9 heteroatoms. The molecule has 0 aliphatic rings. The Kier molecular flexibility index (Phi) is 5.88. The summed E-state index contributed by atoms with van der Waals surface area (Å²) < 4.78 is 0. The molecule has 2 aromatic heterocycles. The smallest absolute Gasteiger partial charge is 0.305 e. The molecule has 0 bridgehead atoms. The molecule has 0 aliphatic heterocycles. The number of aromatic nitrogens is 2. The number of halogens is 1. The number of benzene rings is 1. The minimum absolute atomic E-state index is 0.0992. The highest BCUT2D eigenvalue weighted by Crippen LogP contribution is 2.29. The Balaban J connectivity index is 1.64. The van der Waals surface area contributed by atoms with E-state index in [1.54, 1.807) is 23.5 Å². The van der Waals surface area contributed by atoms with E-state index in [9.17, 15) is 9.59 Å². The van der Waals surface area contributed by atoms with E-state index in [1.165, 1.54) is 0 Å². The first-order valence-electron chi connectivity index (χ1n) is 8.19. The van der Waals surface area contributed by atoms with Crippen LogP contribution in [0.15, 0.2) is 30.3 Å². The lowest BCUT2D eigenvalue weighted by atomic mass is 10.1. The second-order valence-electron chi connectivity index (χ2n) is 5.87. The van der Waals surface area contributed by atoms with Crippen molar-refractivity contribution in [1.82, 2.24) is 15.3 Å². The summed E-state index contributed by atoms with van der Waals surface area (Å²) in [7, 11) is 0. The minimum atomic E-state index is -0.948. The Morgan fingerprint density at radius 2 is 1.96 bits per heavy atom. The Bertz CT molecular complexity index is 988. The quantitative estimate of drug-likeness (QED) is 0.521. The van der Waals surface area contributed by atoms with E-state index in [0.717, 1.165) is 20.7 Å². The highest BCUT2D eigenvalue weighted by atomic mass is 35.5. The van der Waals surface area contributed by atoms with Crippen molar-refractivity contribution in [3.63, 3.8) is 0 Å². The van der Waals surface area contributed by atoms with Gasteiger partial charge < -0.3 is 15.7 Å². The number of nitrogens with one attached hydrogen (secondary N) is 2. The first-order chi connectivity index (χ1) is 12.9. The lowest BCUT2D eigenvalue weighted by Gasteiger charge is -2.08. The third kappa shape index (κ3) is 4.93. The van der Waals surface area contributed by atoms with Crippen LogP contribution in [-0.2, 0) is 11.3 Å². The number of nitrogens with zero attached hydrogens (tertiary/aromatic N) is 2. The molecule has 0 unspecified atom stereocenters. The van der Waals surface area contributed by atoms with Gasteiger partial charge in [0.15, 0.2) is 0 Å².